The molecule has 4 nitrogen and oxygen atoms in total. The van der Waals surface area contributed by atoms with Crippen LogP contribution in [0.1, 0.15) is 40.6 Å². The first-order chi connectivity index (χ1) is 13.4. The van der Waals surface area contributed by atoms with E-state index in [1.807, 2.05) is 43.5 Å². The minimum Gasteiger partial charge on any atom is -0.353 e. The van der Waals surface area contributed by atoms with Crippen LogP contribution in [0.5, 0.6) is 0 Å². The number of benzene rings is 1. The van der Waals surface area contributed by atoms with E-state index >= 15 is 0 Å². The molecule has 1 N–H and O–H groups in total. The number of nitrogens with one attached hydrogen (secondary N) is 1. The number of carbonyl (C=O) groups excluding carboxylic acids is 2. The summed E-state index contributed by atoms with van der Waals surface area (Å²) < 4.78 is 0. The third-order valence-corrected chi connectivity index (χ3v) is 6.73. The smallest absolute Gasteiger partial charge is 0.173 e. The number of rotatable bonds is 6. The summed E-state index contributed by atoms with van der Waals surface area (Å²) in [5, 5.41) is 15.7. The molecule has 0 fully saturated rings. The van der Waals surface area contributed by atoms with Gasteiger partial charge in [-0.15, -0.1) is 11.3 Å². The number of thiophene rings is 1. The minimum absolute atomic E-state index is 0.0000384. The lowest BCUT2D eigenvalue weighted by Crippen LogP contribution is -2.27. The van der Waals surface area contributed by atoms with Crippen LogP contribution in [0.4, 0.5) is 0 Å². The predicted molar refractivity (Wildman–Crippen MR) is 114 cm³/mol. The van der Waals surface area contributed by atoms with Gasteiger partial charge >= 0.3 is 0 Å². The Morgan fingerprint density at radius 3 is 2.50 bits per heavy atom. The highest BCUT2D eigenvalue weighted by Gasteiger charge is 2.34. The van der Waals surface area contributed by atoms with Gasteiger partial charge in [0.15, 0.2) is 11.6 Å². The minimum atomic E-state index is -0.391. The number of allylic oxidation sites excluding steroid dienone is 3. The second kappa shape index (κ2) is 8.59. The maximum absolute atomic E-state index is 12.5. The molecule has 6 heteroatoms. The van der Waals surface area contributed by atoms with E-state index in [4.69, 9.17) is 0 Å². The second-order valence-corrected chi connectivity index (χ2v) is 8.49. The van der Waals surface area contributed by atoms with E-state index in [1.54, 1.807) is 23.5 Å². The lowest BCUT2D eigenvalue weighted by Gasteiger charge is -2.29. The zero-order chi connectivity index (χ0) is 20.3. The van der Waals surface area contributed by atoms with Gasteiger partial charge < -0.3 is 5.32 Å². The fourth-order valence-electron chi connectivity index (χ4n) is 3.28. The van der Waals surface area contributed by atoms with Gasteiger partial charge in [-0.2, -0.15) is 5.26 Å². The summed E-state index contributed by atoms with van der Waals surface area (Å²) in [6, 6.07) is 13.4. The first-order valence-electron chi connectivity index (χ1n) is 8.82. The molecule has 1 aliphatic heterocycles. The van der Waals surface area contributed by atoms with Crippen LogP contribution in [0.2, 0.25) is 0 Å². The van der Waals surface area contributed by atoms with Crippen LogP contribution in [-0.4, -0.2) is 17.3 Å². The summed E-state index contributed by atoms with van der Waals surface area (Å²) in [7, 11) is 0. The van der Waals surface area contributed by atoms with Gasteiger partial charge in [-0.25, -0.2) is 0 Å². The Hall–Kier alpha value is -2.62. The number of aryl methyl sites for hydroxylation is 1. The quantitative estimate of drug-likeness (QED) is 0.684. The average Bonchev–Trinajstić information content (AvgIpc) is 3.11. The molecule has 0 bridgehead atoms. The highest BCUT2D eigenvalue weighted by molar-refractivity contribution is 8.03. The molecule has 0 aliphatic carbocycles. The monoisotopic (exact) mass is 408 g/mol. The zero-order valence-electron chi connectivity index (χ0n) is 15.9. The lowest BCUT2D eigenvalue weighted by atomic mass is 9.84. The molecular weight excluding hydrogens is 388 g/mol. The summed E-state index contributed by atoms with van der Waals surface area (Å²) in [5.41, 5.74) is 3.54. The number of thioether (sulfide) groups is 1. The highest BCUT2D eigenvalue weighted by atomic mass is 32.2. The number of nitrogens with zero attached hydrogens (tertiary/aromatic N) is 1. The number of hydrogen-bond donors (Lipinski definition) is 1. The van der Waals surface area contributed by atoms with Crippen molar-refractivity contribution >= 4 is 34.7 Å². The second-order valence-electron chi connectivity index (χ2n) is 6.55. The molecule has 1 aromatic carbocycles. The van der Waals surface area contributed by atoms with Crippen LogP contribution in [0.15, 0.2) is 63.7 Å². The number of dihydropyridines is 1. The fourth-order valence-corrected chi connectivity index (χ4v) is 5.31. The molecule has 142 valence electrons. The van der Waals surface area contributed by atoms with Crippen molar-refractivity contribution in [3.05, 3.63) is 79.7 Å². The van der Waals surface area contributed by atoms with E-state index in [1.165, 1.54) is 18.7 Å². The summed E-state index contributed by atoms with van der Waals surface area (Å²) >= 11 is 2.86. The Bertz CT molecular complexity index is 1030. The summed E-state index contributed by atoms with van der Waals surface area (Å²) in [6.45, 7) is 5.37. The SMILES string of the molecule is CC(=O)C1=C(C)NC(SCC(=O)c2ccccc2)=C(C#N)C1c1sccc1C. The van der Waals surface area contributed by atoms with Crippen LogP contribution < -0.4 is 5.32 Å². The maximum atomic E-state index is 12.5. The van der Waals surface area contributed by atoms with Crippen LogP contribution in [0, 0.1) is 18.3 Å². The molecule has 1 aromatic heterocycles. The van der Waals surface area contributed by atoms with Crippen molar-refractivity contribution in [3.63, 3.8) is 0 Å². The predicted octanol–water partition coefficient (Wildman–Crippen LogP) is 4.96. The highest BCUT2D eigenvalue weighted by Crippen LogP contribution is 2.43. The van der Waals surface area contributed by atoms with Crippen molar-refractivity contribution in [1.82, 2.24) is 5.32 Å². The first kappa shape index (κ1) is 20.1. The molecule has 0 amide bonds. The number of Topliss-reactive ketones (excluding diaryl/α,β-unsaturated/α-hetero) is 2. The van der Waals surface area contributed by atoms with E-state index in [-0.39, 0.29) is 17.3 Å². The van der Waals surface area contributed by atoms with Crippen molar-refractivity contribution in [2.75, 3.05) is 5.75 Å². The van der Waals surface area contributed by atoms with Gasteiger partial charge in [0.05, 0.1) is 28.3 Å². The summed E-state index contributed by atoms with van der Waals surface area (Å²) in [4.78, 5) is 25.8. The Morgan fingerprint density at radius 2 is 1.93 bits per heavy atom. The van der Waals surface area contributed by atoms with E-state index in [0.29, 0.717) is 21.7 Å². The fraction of sp³-hybridized carbons (Fsp3) is 0.227. The normalized spacial score (nSPS) is 16.6. The van der Waals surface area contributed by atoms with Gasteiger partial charge in [0.25, 0.3) is 0 Å². The molecule has 2 heterocycles. The van der Waals surface area contributed by atoms with Gasteiger partial charge in [0.2, 0.25) is 0 Å². The van der Waals surface area contributed by atoms with Crippen molar-refractivity contribution < 1.29 is 9.59 Å². The molecule has 1 atom stereocenters. The van der Waals surface area contributed by atoms with E-state index < -0.39 is 5.92 Å². The van der Waals surface area contributed by atoms with E-state index in [9.17, 15) is 14.9 Å². The molecule has 2 aromatic rings. The van der Waals surface area contributed by atoms with Crippen LogP contribution in [0.25, 0.3) is 0 Å². The maximum Gasteiger partial charge on any atom is 0.173 e. The van der Waals surface area contributed by atoms with Crippen LogP contribution >= 0.6 is 23.1 Å². The number of nitriles is 1. The van der Waals surface area contributed by atoms with Gasteiger partial charge in [0.1, 0.15) is 0 Å². The van der Waals surface area contributed by atoms with Crippen LogP contribution in [0.3, 0.4) is 0 Å². The first-order valence-corrected chi connectivity index (χ1v) is 10.7. The number of ketones is 2. The molecule has 1 unspecified atom stereocenters. The molecule has 3 rings (SSSR count). The van der Waals surface area contributed by atoms with Crippen molar-refractivity contribution in [1.29, 1.82) is 5.26 Å². The van der Waals surface area contributed by atoms with Gasteiger partial charge in [-0.1, -0.05) is 42.1 Å². The van der Waals surface area contributed by atoms with Gasteiger partial charge in [-0.05, 0) is 37.8 Å². The van der Waals surface area contributed by atoms with E-state index in [2.05, 4.69) is 11.4 Å². The lowest BCUT2D eigenvalue weighted by molar-refractivity contribution is -0.113. The molecular formula is C22H20N2O2S2. The van der Waals surface area contributed by atoms with Crippen molar-refractivity contribution in [3.8, 4) is 6.07 Å². The number of carbonyl (C=O) groups is 2. The Balaban J connectivity index is 1.96. The summed E-state index contributed by atoms with van der Waals surface area (Å²) in [5.74, 6) is -0.228. The topological polar surface area (TPSA) is 70.0 Å². The Labute approximate surface area is 173 Å². The van der Waals surface area contributed by atoms with E-state index in [0.717, 1.165) is 16.1 Å². The van der Waals surface area contributed by atoms with Gasteiger partial charge in [0, 0.05) is 21.7 Å². The van der Waals surface area contributed by atoms with Crippen LogP contribution in [-0.2, 0) is 4.79 Å². The van der Waals surface area contributed by atoms with Gasteiger partial charge in [-0.3, -0.25) is 9.59 Å². The molecule has 0 saturated heterocycles. The third-order valence-electron chi connectivity index (χ3n) is 4.63. The molecule has 28 heavy (non-hydrogen) atoms. The average molecular weight is 409 g/mol. The largest absolute Gasteiger partial charge is 0.353 e. The molecule has 0 spiro atoms. The Kier molecular flexibility index (Phi) is 6.18. The van der Waals surface area contributed by atoms with Crippen molar-refractivity contribution in [2.45, 2.75) is 26.7 Å². The molecule has 0 radical (unpaired) electrons. The molecule has 0 saturated carbocycles. The molecule has 1 aliphatic rings. The van der Waals surface area contributed by atoms with Crippen molar-refractivity contribution in [2.24, 2.45) is 0 Å². The summed E-state index contributed by atoms with van der Waals surface area (Å²) in [6.07, 6.45) is 0. The zero-order valence-corrected chi connectivity index (χ0v) is 17.5. The number of hydrogen-bond acceptors (Lipinski definition) is 6. The Morgan fingerprint density at radius 1 is 1.21 bits per heavy atom. The third kappa shape index (κ3) is 3.96. The standard InChI is InChI=1S/C22H20N2O2S2/c1-13-9-10-27-21(13)20-17(11-23)22(24-14(2)19(20)15(3)25)28-12-18(26)16-7-5-4-6-8-16/h4-10,20,24H,12H2,1-3H3.